The maximum atomic E-state index is 6.07. The lowest BCUT2D eigenvalue weighted by Gasteiger charge is -2.14. The third-order valence-corrected chi connectivity index (χ3v) is 3.69. The van der Waals surface area contributed by atoms with E-state index in [9.17, 15) is 0 Å². The summed E-state index contributed by atoms with van der Waals surface area (Å²) in [6, 6.07) is 16.4. The Hall–Kier alpha value is -2.26. The molecule has 0 heterocycles. The fourth-order valence-corrected chi connectivity index (χ4v) is 2.48. The van der Waals surface area contributed by atoms with Gasteiger partial charge in [0.15, 0.2) is 11.5 Å². The van der Waals surface area contributed by atoms with Gasteiger partial charge in [-0.1, -0.05) is 42.5 Å². The molecule has 0 aliphatic heterocycles. The smallest absolute Gasteiger partial charge is 0.161 e. The van der Waals surface area contributed by atoms with Crippen LogP contribution < -0.4 is 15.2 Å². The summed E-state index contributed by atoms with van der Waals surface area (Å²) < 4.78 is 11.3. The van der Waals surface area contributed by atoms with Crippen LogP contribution in [0, 0.1) is 0 Å². The van der Waals surface area contributed by atoms with Gasteiger partial charge in [0.25, 0.3) is 0 Å². The van der Waals surface area contributed by atoms with Gasteiger partial charge < -0.3 is 15.2 Å². The molecule has 0 saturated carbocycles. The molecule has 0 aliphatic rings. The van der Waals surface area contributed by atoms with Crippen LogP contribution in [0.3, 0.4) is 0 Å². The predicted molar refractivity (Wildman–Crippen MR) is 95.1 cm³/mol. The van der Waals surface area contributed by atoms with Crippen molar-refractivity contribution in [1.82, 2.24) is 0 Å². The van der Waals surface area contributed by atoms with Crippen molar-refractivity contribution in [2.45, 2.75) is 25.3 Å². The summed E-state index contributed by atoms with van der Waals surface area (Å²) in [4.78, 5) is 0. The molecule has 2 N–H and O–H groups in total. The van der Waals surface area contributed by atoms with Crippen molar-refractivity contribution in [2.24, 2.45) is 5.73 Å². The number of hydrogen-bond donors (Lipinski definition) is 1. The molecule has 23 heavy (non-hydrogen) atoms. The van der Waals surface area contributed by atoms with Gasteiger partial charge in [0, 0.05) is 12.5 Å². The average Bonchev–Trinajstić information content (AvgIpc) is 2.56. The highest BCUT2D eigenvalue weighted by Crippen LogP contribution is 2.28. The van der Waals surface area contributed by atoms with Gasteiger partial charge >= 0.3 is 0 Å². The molecule has 0 bridgehead atoms. The maximum Gasteiger partial charge on any atom is 0.161 e. The first-order valence-corrected chi connectivity index (χ1v) is 7.93. The lowest BCUT2D eigenvalue weighted by molar-refractivity contribution is 0.297. The fraction of sp³-hybridized carbons (Fsp3) is 0.300. The number of methoxy groups -OCH3 is 1. The molecule has 3 nitrogen and oxygen atoms in total. The molecular weight excluding hydrogens is 286 g/mol. The third kappa shape index (κ3) is 5.46. The Balaban J connectivity index is 1.99. The van der Waals surface area contributed by atoms with Crippen molar-refractivity contribution >= 4 is 0 Å². The molecule has 1 atom stereocenters. The summed E-state index contributed by atoms with van der Waals surface area (Å²) in [5.41, 5.74) is 8.48. The van der Waals surface area contributed by atoms with E-state index in [0.717, 1.165) is 36.3 Å². The van der Waals surface area contributed by atoms with E-state index in [4.69, 9.17) is 15.2 Å². The molecule has 2 aromatic rings. The van der Waals surface area contributed by atoms with Gasteiger partial charge in [-0.2, -0.15) is 0 Å². The Morgan fingerprint density at radius 1 is 1.09 bits per heavy atom. The van der Waals surface area contributed by atoms with Gasteiger partial charge in [-0.05, 0) is 36.1 Å². The van der Waals surface area contributed by atoms with Crippen LogP contribution in [0.5, 0.6) is 11.5 Å². The van der Waals surface area contributed by atoms with Gasteiger partial charge in [-0.3, -0.25) is 0 Å². The molecule has 0 radical (unpaired) electrons. The zero-order chi connectivity index (χ0) is 16.5. The van der Waals surface area contributed by atoms with Gasteiger partial charge in [-0.25, -0.2) is 0 Å². The van der Waals surface area contributed by atoms with E-state index < -0.39 is 0 Å². The molecule has 2 aromatic carbocycles. The molecule has 0 aliphatic carbocycles. The van der Waals surface area contributed by atoms with E-state index in [-0.39, 0.29) is 6.04 Å². The standard InChI is InChI=1S/C20H25NO2/c1-3-7-18(21)14-17-10-11-19(22-2)20(15-17)23-13-12-16-8-5-4-6-9-16/h3-6,8-11,15,18H,1,7,12-14,21H2,2H3. The summed E-state index contributed by atoms with van der Waals surface area (Å²) in [5, 5.41) is 0. The molecule has 0 fully saturated rings. The Morgan fingerprint density at radius 3 is 2.57 bits per heavy atom. The molecule has 3 heteroatoms. The highest BCUT2D eigenvalue weighted by molar-refractivity contribution is 5.43. The van der Waals surface area contributed by atoms with Crippen LogP contribution in [0.2, 0.25) is 0 Å². The Morgan fingerprint density at radius 2 is 1.87 bits per heavy atom. The van der Waals surface area contributed by atoms with E-state index in [1.54, 1.807) is 7.11 Å². The molecular formula is C20H25NO2. The minimum Gasteiger partial charge on any atom is -0.493 e. The highest BCUT2D eigenvalue weighted by Gasteiger charge is 2.08. The largest absolute Gasteiger partial charge is 0.493 e. The number of ether oxygens (including phenoxy) is 2. The highest BCUT2D eigenvalue weighted by atomic mass is 16.5. The van der Waals surface area contributed by atoms with Gasteiger partial charge in [-0.15, -0.1) is 6.58 Å². The van der Waals surface area contributed by atoms with Crippen molar-refractivity contribution in [3.63, 3.8) is 0 Å². The summed E-state index contributed by atoms with van der Waals surface area (Å²) in [7, 11) is 1.66. The fourth-order valence-electron chi connectivity index (χ4n) is 2.48. The van der Waals surface area contributed by atoms with Crippen molar-refractivity contribution in [3.05, 3.63) is 72.3 Å². The van der Waals surface area contributed by atoms with Crippen LogP contribution in [0.25, 0.3) is 0 Å². The van der Waals surface area contributed by atoms with Gasteiger partial charge in [0.1, 0.15) is 0 Å². The zero-order valence-electron chi connectivity index (χ0n) is 13.7. The molecule has 1 unspecified atom stereocenters. The normalized spacial score (nSPS) is 11.7. The minimum absolute atomic E-state index is 0.0815. The first-order chi connectivity index (χ1) is 11.2. The number of nitrogens with two attached hydrogens (primary N) is 1. The van der Waals surface area contributed by atoms with Crippen LogP contribution in [0.4, 0.5) is 0 Å². The number of benzene rings is 2. The van der Waals surface area contributed by atoms with Crippen molar-refractivity contribution < 1.29 is 9.47 Å². The van der Waals surface area contributed by atoms with E-state index in [1.807, 2.05) is 42.5 Å². The second-order valence-electron chi connectivity index (χ2n) is 5.56. The predicted octanol–water partition coefficient (Wildman–Crippen LogP) is 3.76. The third-order valence-electron chi connectivity index (χ3n) is 3.69. The van der Waals surface area contributed by atoms with Crippen LogP contribution in [-0.2, 0) is 12.8 Å². The first kappa shape index (κ1) is 17.1. The van der Waals surface area contributed by atoms with E-state index in [0.29, 0.717) is 6.61 Å². The lowest BCUT2D eigenvalue weighted by atomic mass is 10.0. The first-order valence-electron chi connectivity index (χ1n) is 7.93. The number of rotatable bonds is 9. The Labute approximate surface area is 138 Å². The molecule has 0 spiro atoms. The molecule has 0 saturated heterocycles. The van der Waals surface area contributed by atoms with Crippen molar-refractivity contribution in [2.75, 3.05) is 13.7 Å². The van der Waals surface area contributed by atoms with Crippen LogP contribution in [-0.4, -0.2) is 19.8 Å². The molecule has 0 aromatic heterocycles. The Bertz CT molecular complexity index is 610. The maximum absolute atomic E-state index is 6.07. The quantitative estimate of drug-likeness (QED) is 0.717. The second kappa shape index (κ2) is 9.01. The summed E-state index contributed by atoms with van der Waals surface area (Å²) >= 11 is 0. The summed E-state index contributed by atoms with van der Waals surface area (Å²) in [6.07, 6.45) is 4.32. The SMILES string of the molecule is C=CCC(N)Cc1ccc(OC)c(OCCc2ccccc2)c1. The van der Waals surface area contributed by atoms with Crippen molar-refractivity contribution in [1.29, 1.82) is 0 Å². The van der Waals surface area contributed by atoms with Crippen LogP contribution in [0.1, 0.15) is 17.5 Å². The van der Waals surface area contributed by atoms with Gasteiger partial charge in [0.2, 0.25) is 0 Å². The molecule has 122 valence electrons. The average molecular weight is 311 g/mol. The molecule has 2 rings (SSSR count). The lowest BCUT2D eigenvalue weighted by Crippen LogP contribution is -2.21. The monoisotopic (exact) mass is 311 g/mol. The van der Waals surface area contributed by atoms with E-state index >= 15 is 0 Å². The van der Waals surface area contributed by atoms with Crippen molar-refractivity contribution in [3.8, 4) is 11.5 Å². The Kier molecular flexibility index (Phi) is 6.70. The summed E-state index contributed by atoms with van der Waals surface area (Å²) in [6.45, 7) is 4.35. The zero-order valence-corrected chi connectivity index (χ0v) is 13.7. The van der Waals surface area contributed by atoms with E-state index in [2.05, 4.69) is 18.7 Å². The number of hydrogen-bond acceptors (Lipinski definition) is 3. The van der Waals surface area contributed by atoms with E-state index in [1.165, 1.54) is 5.56 Å². The topological polar surface area (TPSA) is 44.5 Å². The van der Waals surface area contributed by atoms with Crippen LogP contribution in [0.15, 0.2) is 61.2 Å². The summed E-state index contributed by atoms with van der Waals surface area (Å²) in [5.74, 6) is 1.52. The van der Waals surface area contributed by atoms with Gasteiger partial charge in [0.05, 0.1) is 13.7 Å². The molecule has 0 amide bonds. The van der Waals surface area contributed by atoms with Crippen LogP contribution >= 0.6 is 0 Å². The second-order valence-corrected chi connectivity index (χ2v) is 5.56. The minimum atomic E-state index is 0.0815.